The van der Waals surface area contributed by atoms with Crippen molar-refractivity contribution in [2.45, 2.75) is 13.8 Å². The molecule has 3 aromatic heterocycles. The van der Waals surface area contributed by atoms with E-state index in [-0.39, 0.29) is 0 Å². The van der Waals surface area contributed by atoms with Crippen molar-refractivity contribution < 1.29 is 18.3 Å². The Hall–Kier alpha value is -6.27. The third-order valence-corrected chi connectivity index (χ3v) is 9.20. The van der Waals surface area contributed by atoms with E-state index in [0.717, 1.165) is 101 Å². The number of methoxy groups -OCH3 is 2. The van der Waals surface area contributed by atoms with Crippen molar-refractivity contribution in [2.24, 2.45) is 4.99 Å². The fourth-order valence-corrected chi connectivity index (χ4v) is 6.45. The first-order valence-electron chi connectivity index (χ1n) is 16.2. The zero-order valence-corrected chi connectivity index (χ0v) is 27.7. The van der Waals surface area contributed by atoms with Crippen LogP contribution in [0.2, 0.25) is 0 Å². The Kier molecular flexibility index (Phi) is 7.61. The summed E-state index contributed by atoms with van der Waals surface area (Å²) in [6.07, 6.45) is 4.15. The molecule has 240 valence electrons. The molecule has 8 rings (SSSR count). The van der Waals surface area contributed by atoms with E-state index in [1.807, 2.05) is 66.7 Å². The number of hydrogen-bond donors (Lipinski definition) is 1. The molecule has 0 aliphatic carbocycles. The van der Waals surface area contributed by atoms with E-state index in [1.54, 1.807) is 14.2 Å². The normalized spacial score (nSPS) is 20.2. The van der Waals surface area contributed by atoms with Gasteiger partial charge in [-0.05, 0) is 114 Å². The molecule has 0 saturated carbocycles. The third kappa shape index (κ3) is 5.47. The van der Waals surface area contributed by atoms with E-state index >= 15 is 0 Å². The van der Waals surface area contributed by atoms with Crippen LogP contribution < -0.4 is 31.1 Å². The number of aromatic nitrogens is 1. The molecule has 0 unspecified atom stereocenters. The number of rotatable bonds is 5. The van der Waals surface area contributed by atoms with Crippen molar-refractivity contribution in [3.63, 3.8) is 0 Å². The Labute approximate surface area is 283 Å². The maximum Gasteiger partial charge on any atom is 0.137 e. The van der Waals surface area contributed by atoms with Crippen LogP contribution in [0.5, 0.6) is 11.5 Å². The van der Waals surface area contributed by atoms with Gasteiger partial charge in [0.05, 0.1) is 36.9 Å². The monoisotopic (exact) mass is 642 g/mol. The number of aromatic amines is 1. The van der Waals surface area contributed by atoms with Crippen LogP contribution in [-0.2, 0) is 0 Å². The molecule has 6 aromatic rings. The largest absolute Gasteiger partial charge is 0.497 e. The molecule has 6 heteroatoms. The topological polar surface area (TPSA) is 72.9 Å². The Bertz CT molecular complexity index is 2560. The molecule has 0 saturated heterocycles. The van der Waals surface area contributed by atoms with Gasteiger partial charge in [0.25, 0.3) is 0 Å². The number of nitrogens with one attached hydrogen (secondary N) is 1. The summed E-state index contributed by atoms with van der Waals surface area (Å²) in [6, 6.07) is 38.7. The maximum absolute atomic E-state index is 6.65. The minimum atomic E-state index is 0.722. The second kappa shape index (κ2) is 12.4. The molecule has 0 fully saturated rings. The van der Waals surface area contributed by atoms with Crippen LogP contribution in [-0.4, -0.2) is 24.9 Å². The Morgan fingerprint density at radius 3 is 1.55 bits per heavy atom. The van der Waals surface area contributed by atoms with Crippen molar-refractivity contribution in [2.75, 3.05) is 14.2 Å². The summed E-state index contributed by atoms with van der Waals surface area (Å²) >= 11 is 0. The Morgan fingerprint density at radius 1 is 0.490 bits per heavy atom. The van der Waals surface area contributed by atoms with Gasteiger partial charge in [-0.2, -0.15) is 0 Å². The van der Waals surface area contributed by atoms with Crippen LogP contribution in [0.4, 0.5) is 0 Å². The maximum atomic E-state index is 6.65. The molecule has 3 aromatic carbocycles. The number of allylic oxidation sites excluding steroid dienone is 2. The van der Waals surface area contributed by atoms with Gasteiger partial charge in [-0.25, -0.2) is 4.99 Å². The lowest BCUT2D eigenvalue weighted by atomic mass is 10.0. The highest BCUT2D eigenvalue weighted by Crippen LogP contribution is 2.33. The molecule has 1 N–H and O–H groups in total. The van der Waals surface area contributed by atoms with E-state index in [0.29, 0.717) is 0 Å². The molecule has 0 spiro atoms. The molecule has 0 amide bonds. The van der Waals surface area contributed by atoms with Crippen molar-refractivity contribution in [3.8, 4) is 11.5 Å². The molecular formula is C43H34N2O4. The fourth-order valence-electron chi connectivity index (χ4n) is 6.45. The summed E-state index contributed by atoms with van der Waals surface area (Å²) in [5, 5.41) is 0. The predicted molar refractivity (Wildman–Crippen MR) is 194 cm³/mol. The number of benzene rings is 3. The van der Waals surface area contributed by atoms with Crippen LogP contribution in [0.3, 0.4) is 0 Å². The molecule has 5 heterocycles. The van der Waals surface area contributed by atoms with Gasteiger partial charge in [0.2, 0.25) is 0 Å². The summed E-state index contributed by atoms with van der Waals surface area (Å²) in [7, 11) is 3.35. The zero-order valence-electron chi connectivity index (χ0n) is 27.7. The van der Waals surface area contributed by atoms with E-state index < -0.39 is 0 Å². The van der Waals surface area contributed by atoms with Crippen molar-refractivity contribution in [3.05, 3.63) is 183 Å². The quantitative estimate of drug-likeness (QED) is 0.234. The fraction of sp³-hybridized carbons (Fsp3) is 0.0930. The molecule has 6 nitrogen and oxygen atoms in total. The van der Waals surface area contributed by atoms with E-state index in [9.17, 15) is 0 Å². The second-order valence-corrected chi connectivity index (χ2v) is 12.0. The number of fused-ring (bicyclic) bond motifs is 7. The van der Waals surface area contributed by atoms with Gasteiger partial charge in [0, 0.05) is 16.8 Å². The Balaban J connectivity index is 1.48. The molecule has 0 radical (unpaired) electrons. The lowest BCUT2D eigenvalue weighted by Gasteiger charge is -2.10. The number of ether oxygens (including phenoxy) is 2. The lowest BCUT2D eigenvalue weighted by Crippen LogP contribution is -2.14. The molecule has 8 bridgehead atoms. The first kappa shape index (κ1) is 30.1. The van der Waals surface area contributed by atoms with Crippen LogP contribution in [0.25, 0.3) is 27.9 Å². The second-order valence-electron chi connectivity index (χ2n) is 12.0. The smallest absolute Gasteiger partial charge is 0.137 e. The summed E-state index contributed by atoms with van der Waals surface area (Å²) < 4.78 is 24.2. The molecule has 2 aliphatic heterocycles. The average Bonchev–Trinajstić information content (AvgIpc) is 3.98. The number of furan rings is 2. The number of H-pyrrole nitrogens is 1. The first-order chi connectivity index (χ1) is 24.0. The van der Waals surface area contributed by atoms with Gasteiger partial charge in [0.15, 0.2) is 0 Å². The highest BCUT2D eigenvalue weighted by atomic mass is 16.5. The van der Waals surface area contributed by atoms with Gasteiger partial charge in [0.1, 0.15) is 33.2 Å². The van der Waals surface area contributed by atoms with Crippen LogP contribution in [0.1, 0.15) is 41.9 Å². The first-order valence-corrected chi connectivity index (χ1v) is 16.2. The van der Waals surface area contributed by atoms with Gasteiger partial charge in [-0.3, -0.25) is 0 Å². The van der Waals surface area contributed by atoms with Gasteiger partial charge < -0.3 is 23.3 Å². The highest BCUT2D eigenvalue weighted by Gasteiger charge is 2.21. The van der Waals surface area contributed by atoms with Gasteiger partial charge in [-0.1, -0.05) is 54.6 Å². The zero-order chi connectivity index (χ0) is 33.5. The Morgan fingerprint density at radius 2 is 0.980 bits per heavy atom. The van der Waals surface area contributed by atoms with Crippen LogP contribution >= 0.6 is 0 Å². The van der Waals surface area contributed by atoms with Crippen LogP contribution in [0, 0.1) is 0 Å². The molecular weight excluding hydrogens is 608 g/mol. The standard InChI is InChI=1S/C43H34N2O4/c1-26-27(2)38-23-25-40(49-38)43(30-12-16-32(47-4)17-13-30)36-21-19-34(45-36)41(28-8-6-5-7-9-28)33-18-20-35(44-33)42(39-24-22-37(26)48-39)29-10-14-31(46-3)15-11-29/h5-25,44H,1-4H3/b27-26?,37-26-,38-27-,41-33?,41-34-,42-35?,42-39-,43-36?,43-40-. The lowest BCUT2D eigenvalue weighted by molar-refractivity contribution is 0.414. The number of aliphatic imine (C=N–C) groups is 1. The summed E-state index contributed by atoms with van der Waals surface area (Å²) in [6.45, 7) is 4.13. The molecule has 0 atom stereocenters. The third-order valence-electron chi connectivity index (χ3n) is 9.20. The predicted octanol–water partition coefficient (Wildman–Crippen LogP) is 6.49. The molecule has 49 heavy (non-hydrogen) atoms. The van der Waals surface area contributed by atoms with E-state index in [4.69, 9.17) is 23.3 Å². The average molecular weight is 643 g/mol. The minimum absolute atomic E-state index is 0.722. The van der Waals surface area contributed by atoms with E-state index in [2.05, 4.69) is 79.5 Å². The highest BCUT2D eigenvalue weighted by molar-refractivity contribution is 6.30. The summed E-state index contributed by atoms with van der Waals surface area (Å²) in [5.74, 6) is 1.57. The van der Waals surface area contributed by atoms with Gasteiger partial charge >= 0.3 is 0 Å². The number of hydrogen-bond acceptors (Lipinski definition) is 5. The van der Waals surface area contributed by atoms with Crippen molar-refractivity contribution in [1.29, 1.82) is 0 Å². The molecule has 2 aliphatic rings. The van der Waals surface area contributed by atoms with Crippen molar-refractivity contribution in [1.82, 2.24) is 4.98 Å². The number of nitrogens with zero attached hydrogens (tertiary/aromatic N) is 1. The summed E-state index contributed by atoms with van der Waals surface area (Å²) in [5.41, 5.74) is 14.3. The van der Waals surface area contributed by atoms with Crippen LogP contribution in [0.15, 0.2) is 147 Å². The summed E-state index contributed by atoms with van der Waals surface area (Å²) in [4.78, 5) is 9.04. The SMILES string of the molecule is COc1ccc(/C2=c3\cc/c(o3)=C(C)/C(C)=c3/cc/c(o3)=C(\c3ccc(OC)cc3)c3ccc([nH]3)/C(c3ccccc3)=C3/C=CC2=N3)cc1. The minimum Gasteiger partial charge on any atom is -0.497 e. The van der Waals surface area contributed by atoms with E-state index in [1.165, 1.54) is 0 Å². The van der Waals surface area contributed by atoms with Gasteiger partial charge in [-0.15, -0.1) is 0 Å². The van der Waals surface area contributed by atoms with Crippen molar-refractivity contribution >= 4 is 33.6 Å².